The number of carbonyl (C=O) groups excluding carboxylic acids is 1. The van der Waals surface area contributed by atoms with Crippen molar-refractivity contribution in [3.8, 4) is 5.88 Å². The highest BCUT2D eigenvalue weighted by Gasteiger charge is 2.47. The molecule has 27 heavy (non-hydrogen) atoms. The second kappa shape index (κ2) is 6.87. The second-order valence-corrected chi connectivity index (χ2v) is 8.44. The summed E-state index contributed by atoms with van der Waals surface area (Å²) < 4.78 is 49.7. The fourth-order valence-corrected chi connectivity index (χ4v) is 3.75. The summed E-state index contributed by atoms with van der Waals surface area (Å²) in [6.07, 6.45) is -1.95. The van der Waals surface area contributed by atoms with Crippen LogP contribution in [-0.4, -0.2) is 40.8 Å². The van der Waals surface area contributed by atoms with E-state index in [4.69, 9.17) is 9.47 Å². The smallest absolute Gasteiger partial charge is 0.418 e. The normalized spacial score (nSPS) is 25.0. The Morgan fingerprint density at radius 3 is 2.52 bits per heavy atom. The minimum absolute atomic E-state index is 0.0591. The van der Waals surface area contributed by atoms with Gasteiger partial charge in [0, 0.05) is 18.8 Å². The predicted octanol–water partition coefficient (Wildman–Crippen LogP) is 4.43. The van der Waals surface area contributed by atoms with Crippen LogP contribution in [0.5, 0.6) is 5.88 Å². The van der Waals surface area contributed by atoms with E-state index in [-0.39, 0.29) is 30.2 Å². The fourth-order valence-electron chi connectivity index (χ4n) is 3.75. The van der Waals surface area contributed by atoms with Gasteiger partial charge >= 0.3 is 12.3 Å². The SMILES string of the molecule is Cc1cc(OC[C@@H]2C3CC(C3)CN2C(=O)OC(C)(C)C)ncc1C(F)(F)F. The molecule has 3 aliphatic rings. The van der Waals surface area contributed by atoms with Crippen LogP contribution < -0.4 is 4.74 Å². The number of piperidine rings is 2. The second-order valence-electron chi connectivity index (χ2n) is 8.44. The number of carbonyl (C=O) groups is 1. The summed E-state index contributed by atoms with van der Waals surface area (Å²) in [4.78, 5) is 18.0. The third-order valence-corrected chi connectivity index (χ3v) is 5.09. The zero-order valence-corrected chi connectivity index (χ0v) is 16.0. The molecule has 4 rings (SSSR count). The van der Waals surface area contributed by atoms with Gasteiger partial charge in [0.15, 0.2) is 0 Å². The lowest BCUT2D eigenvalue weighted by Gasteiger charge is -2.52. The molecule has 1 saturated carbocycles. The third kappa shape index (κ3) is 4.47. The summed E-state index contributed by atoms with van der Waals surface area (Å²) in [6, 6.07) is 1.13. The van der Waals surface area contributed by atoms with Crippen molar-refractivity contribution in [2.75, 3.05) is 13.2 Å². The zero-order valence-electron chi connectivity index (χ0n) is 16.0. The molecule has 5 nitrogen and oxygen atoms in total. The van der Waals surface area contributed by atoms with E-state index in [0.717, 1.165) is 19.0 Å². The molecular weight excluding hydrogens is 361 g/mol. The molecule has 1 aromatic rings. The summed E-state index contributed by atoms with van der Waals surface area (Å²) in [5.74, 6) is 0.947. The lowest BCUT2D eigenvalue weighted by atomic mass is 9.67. The molecule has 0 aromatic carbocycles. The van der Waals surface area contributed by atoms with Crippen LogP contribution in [0, 0.1) is 18.8 Å². The van der Waals surface area contributed by atoms with E-state index in [9.17, 15) is 18.0 Å². The number of nitrogens with zero attached hydrogens (tertiary/aromatic N) is 2. The van der Waals surface area contributed by atoms with E-state index in [1.807, 2.05) is 20.8 Å². The number of ether oxygens (including phenoxy) is 2. The molecule has 150 valence electrons. The van der Waals surface area contributed by atoms with Crippen LogP contribution in [0.15, 0.2) is 12.3 Å². The molecule has 2 saturated heterocycles. The Labute approximate surface area is 156 Å². The minimum Gasteiger partial charge on any atom is -0.475 e. The highest BCUT2D eigenvalue weighted by molar-refractivity contribution is 5.69. The van der Waals surface area contributed by atoms with Crippen molar-refractivity contribution in [1.29, 1.82) is 0 Å². The molecule has 0 unspecified atom stereocenters. The van der Waals surface area contributed by atoms with Crippen LogP contribution in [-0.2, 0) is 10.9 Å². The summed E-state index contributed by atoms with van der Waals surface area (Å²) in [6.45, 7) is 7.64. The molecule has 2 bridgehead atoms. The Morgan fingerprint density at radius 1 is 1.30 bits per heavy atom. The molecule has 3 heterocycles. The van der Waals surface area contributed by atoms with Gasteiger partial charge in [-0.2, -0.15) is 13.2 Å². The minimum atomic E-state index is -4.44. The van der Waals surface area contributed by atoms with E-state index in [1.54, 1.807) is 4.90 Å². The first-order valence-electron chi connectivity index (χ1n) is 9.10. The quantitative estimate of drug-likeness (QED) is 0.771. The van der Waals surface area contributed by atoms with Gasteiger partial charge in [-0.05, 0) is 57.9 Å². The molecule has 3 fully saturated rings. The highest BCUT2D eigenvalue weighted by Crippen LogP contribution is 2.44. The maximum Gasteiger partial charge on any atom is 0.418 e. The molecule has 0 N–H and O–H groups in total. The van der Waals surface area contributed by atoms with Gasteiger partial charge in [0.25, 0.3) is 0 Å². The summed E-state index contributed by atoms with van der Waals surface area (Å²) in [5.41, 5.74) is -1.30. The lowest BCUT2D eigenvalue weighted by molar-refractivity contribution is -0.138. The van der Waals surface area contributed by atoms with E-state index in [0.29, 0.717) is 18.4 Å². The van der Waals surface area contributed by atoms with Crippen LogP contribution in [0.1, 0.15) is 44.7 Å². The Bertz CT molecular complexity index is 709. The Balaban J connectivity index is 1.68. The van der Waals surface area contributed by atoms with Crippen LogP contribution in [0.3, 0.4) is 0 Å². The van der Waals surface area contributed by atoms with Crippen molar-refractivity contribution in [3.63, 3.8) is 0 Å². The predicted molar refractivity (Wildman–Crippen MR) is 92.4 cm³/mol. The van der Waals surface area contributed by atoms with Gasteiger partial charge in [-0.15, -0.1) is 0 Å². The average molecular weight is 386 g/mol. The molecule has 1 aliphatic carbocycles. The van der Waals surface area contributed by atoms with E-state index in [2.05, 4.69) is 4.98 Å². The maximum atomic E-state index is 12.9. The Kier molecular flexibility index (Phi) is 5.03. The Hall–Kier alpha value is -1.99. The maximum absolute atomic E-state index is 12.9. The molecule has 1 atom stereocenters. The number of aromatic nitrogens is 1. The van der Waals surface area contributed by atoms with Crippen molar-refractivity contribution in [1.82, 2.24) is 9.88 Å². The van der Waals surface area contributed by atoms with Crippen molar-refractivity contribution in [2.45, 2.75) is 58.4 Å². The fraction of sp³-hybridized carbons (Fsp3) is 0.684. The van der Waals surface area contributed by atoms with Crippen molar-refractivity contribution < 1.29 is 27.4 Å². The summed E-state index contributed by atoms with van der Waals surface area (Å²) >= 11 is 0. The number of halogens is 3. The molecule has 0 spiro atoms. The van der Waals surface area contributed by atoms with Gasteiger partial charge in [-0.1, -0.05) is 0 Å². The van der Waals surface area contributed by atoms with Gasteiger partial charge in [-0.25, -0.2) is 9.78 Å². The number of amides is 1. The van der Waals surface area contributed by atoms with E-state index >= 15 is 0 Å². The summed E-state index contributed by atoms with van der Waals surface area (Å²) in [5, 5.41) is 0. The van der Waals surface area contributed by atoms with Crippen LogP contribution in [0.2, 0.25) is 0 Å². The number of fused-ring (bicyclic) bond motifs is 2. The lowest BCUT2D eigenvalue weighted by Crippen LogP contribution is -2.60. The number of hydrogen-bond donors (Lipinski definition) is 0. The van der Waals surface area contributed by atoms with Crippen molar-refractivity contribution >= 4 is 6.09 Å². The van der Waals surface area contributed by atoms with E-state index in [1.165, 1.54) is 13.0 Å². The highest BCUT2D eigenvalue weighted by atomic mass is 19.4. The van der Waals surface area contributed by atoms with Gasteiger partial charge in [-0.3, -0.25) is 0 Å². The largest absolute Gasteiger partial charge is 0.475 e. The average Bonchev–Trinajstić information content (AvgIpc) is 2.48. The standard InChI is InChI=1S/C19H25F3N2O3/c1-11-5-16(23-8-14(11)19(20,21)22)26-10-15-13-6-12(7-13)9-24(15)17(25)27-18(2,3)4/h5,8,12-13,15H,6-7,9-10H2,1-4H3/t12?,13?,15-/m1/s1. The number of rotatable bonds is 3. The molecule has 1 amide bonds. The van der Waals surface area contributed by atoms with E-state index < -0.39 is 17.3 Å². The third-order valence-electron chi connectivity index (χ3n) is 5.09. The molecule has 0 radical (unpaired) electrons. The molecule has 1 aromatic heterocycles. The number of pyridine rings is 1. The molecular formula is C19H25F3N2O3. The van der Waals surface area contributed by atoms with Gasteiger partial charge in [0.2, 0.25) is 5.88 Å². The Morgan fingerprint density at radius 2 is 1.96 bits per heavy atom. The first-order chi connectivity index (χ1) is 12.4. The van der Waals surface area contributed by atoms with Crippen molar-refractivity contribution in [2.24, 2.45) is 11.8 Å². The van der Waals surface area contributed by atoms with Gasteiger partial charge in [0.05, 0.1) is 11.6 Å². The van der Waals surface area contributed by atoms with Crippen molar-refractivity contribution in [3.05, 3.63) is 23.4 Å². The molecule has 8 heteroatoms. The first kappa shape index (κ1) is 19.8. The number of hydrogen-bond acceptors (Lipinski definition) is 4. The number of alkyl halides is 3. The van der Waals surface area contributed by atoms with Crippen LogP contribution in [0.4, 0.5) is 18.0 Å². The zero-order chi connectivity index (χ0) is 20.0. The van der Waals surface area contributed by atoms with Crippen LogP contribution in [0.25, 0.3) is 0 Å². The number of aryl methyl sites for hydroxylation is 1. The van der Waals surface area contributed by atoms with Gasteiger partial charge in [0.1, 0.15) is 12.2 Å². The topological polar surface area (TPSA) is 51.7 Å². The molecule has 2 aliphatic heterocycles. The first-order valence-corrected chi connectivity index (χ1v) is 9.10. The van der Waals surface area contributed by atoms with Gasteiger partial charge < -0.3 is 14.4 Å². The summed E-state index contributed by atoms with van der Waals surface area (Å²) in [7, 11) is 0. The van der Waals surface area contributed by atoms with Crippen LogP contribution >= 0.6 is 0 Å². The monoisotopic (exact) mass is 386 g/mol.